The molecule has 100 valence electrons. The van der Waals surface area contributed by atoms with Gasteiger partial charge in [0.25, 0.3) is 0 Å². The van der Waals surface area contributed by atoms with E-state index in [0.29, 0.717) is 6.04 Å². The summed E-state index contributed by atoms with van der Waals surface area (Å²) in [6, 6.07) is 6.63. The summed E-state index contributed by atoms with van der Waals surface area (Å²) in [5.74, 6) is 0. The predicted octanol–water partition coefficient (Wildman–Crippen LogP) is 3.15. The van der Waals surface area contributed by atoms with Crippen molar-refractivity contribution in [3.05, 3.63) is 33.4 Å². The molecule has 19 heavy (non-hydrogen) atoms. The lowest BCUT2D eigenvalue weighted by molar-refractivity contribution is 0.686. The normalized spacial score (nSPS) is 14.9. The summed E-state index contributed by atoms with van der Waals surface area (Å²) in [5.41, 5.74) is 3.23. The van der Waals surface area contributed by atoms with Crippen LogP contribution in [0.5, 0.6) is 0 Å². The third-order valence-corrected chi connectivity index (χ3v) is 4.04. The Bertz CT molecular complexity index is 587. The highest BCUT2D eigenvalue weighted by atomic mass is 79.9. The number of nitrogens with zero attached hydrogens (tertiary/aromatic N) is 3. The first-order valence-corrected chi connectivity index (χ1v) is 7.39. The molecular formula is C13H14BrClN4. The zero-order chi connectivity index (χ0) is 13.4. The molecule has 2 aromatic rings. The zero-order valence-electron chi connectivity index (χ0n) is 10.5. The van der Waals surface area contributed by atoms with E-state index in [2.05, 4.69) is 37.6 Å². The molecule has 0 atom stereocenters. The molecule has 0 saturated heterocycles. The van der Waals surface area contributed by atoms with Crippen LogP contribution in [0, 0.1) is 0 Å². The Morgan fingerprint density at radius 2 is 2.26 bits per heavy atom. The largest absolute Gasteiger partial charge is 0.310 e. The van der Waals surface area contributed by atoms with Gasteiger partial charge < -0.3 is 5.32 Å². The van der Waals surface area contributed by atoms with Gasteiger partial charge in [-0.1, -0.05) is 22.9 Å². The van der Waals surface area contributed by atoms with Crippen molar-refractivity contribution in [3.63, 3.8) is 0 Å². The summed E-state index contributed by atoms with van der Waals surface area (Å²) in [7, 11) is 1.88. The van der Waals surface area contributed by atoms with E-state index in [-0.39, 0.29) is 0 Å². The van der Waals surface area contributed by atoms with Gasteiger partial charge >= 0.3 is 0 Å². The van der Waals surface area contributed by atoms with Crippen LogP contribution in [0.25, 0.3) is 11.3 Å². The molecule has 0 amide bonds. The van der Waals surface area contributed by atoms with Gasteiger partial charge in [-0.3, -0.25) is 0 Å². The predicted molar refractivity (Wildman–Crippen MR) is 79.0 cm³/mol. The highest BCUT2D eigenvalue weighted by molar-refractivity contribution is 9.10. The molecule has 1 aliphatic carbocycles. The summed E-state index contributed by atoms with van der Waals surface area (Å²) in [6.07, 6.45) is 2.56. The Kier molecular flexibility index (Phi) is 3.60. The van der Waals surface area contributed by atoms with Crippen LogP contribution in [-0.4, -0.2) is 21.0 Å². The van der Waals surface area contributed by atoms with Crippen LogP contribution in [0.3, 0.4) is 0 Å². The number of hydrogen-bond donors (Lipinski definition) is 1. The molecule has 0 radical (unpaired) electrons. The van der Waals surface area contributed by atoms with Crippen LogP contribution in [-0.2, 0) is 13.6 Å². The molecule has 0 bridgehead atoms. The van der Waals surface area contributed by atoms with Crippen molar-refractivity contribution in [1.82, 2.24) is 20.3 Å². The molecule has 1 N–H and O–H groups in total. The van der Waals surface area contributed by atoms with Crippen LogP contribution in [0.1, 0.15) is 18.4 Å². The number of aromatic nitrogens is 3. The smallest absolute Gasteiger partial charge is 0.156 e. The minimum atomic E-state index is 0.677. The summed E-state index contributed by atoms with van der Waals surface area (Å²) >= 11 is 9.57. The number of halogens is 2. The first-order valence-electron chi connectivity index (χ1n) is 6.22. The van der Waals surface area contributed by atoms with E-state index >= 15 is 0 Å². The van der Waals surface area contributed by atoms with E-state index in [0.717, 1.165) is 27.4 Å². The lowest BCUT2D eigenvalue weighted by atomic mass is 10.0. The van der Waals surface area contributed by atoms with Gasteiger partial charge in [-0.05, 0) is 46.5 Å². The summed E-state index contributed by atoms with van der Waals surface area (Å²) in [4.78, 5) is 0. The summed E-state index contributed by atoms with van der Waals surface area (Å²) < 4.78 is 2.50. The standard InChI is InChI=1S/C13H14BrClN4/c1-19-12(13(14)17-18-19)11-6-9(15)3-2-8(11)7-16-10-4-5-10/h2-3,6,10,16H,4-5,7H2,1H3. The van der Waals surface area contributed by atoms with Crippen molar-refractivity contribution in [2.24, 2.45) is 7.05 Å². The van der Waals surface area contributed by atoms with E-state index in [1.54, 1.807) is 4.68 Å². The summed E-state index contributed by atoms with van der Waals surface area (Å²) in [6.45, 7) is 0.842. The van der Waals surface area contributed by atoms with Crippen molar-refractivity contribution < 1.29 is 0 Å². The minimum Gasteiger partial charge on any atom is -0.310 e. The third kappa shape index (κ3) is 2.83. The molecule has 3 rings (SSSR count). The lowest BCUT2D eigenvalue weighted by Crippen LogP contribution is -2.16. The van der Waals surface area contributed by atoms with E-state index in [1.165, 1.54) is 18.4 Å². The van der Waals surface area contributed by atoms with Gasteiger partial charge in [0.05, 0.1) is 0 Å². The van der Waals surface area contributed by atoms with Crippen molar-refractivity contribution in [2.75, 3.05) is 0 Å². The van der Waals surface area contributed by atoms with Crippen LogP contribution in [0.15, 0.2) is 22.8 Å². The molecule has 0 spiro atoms. The molecule has 1 aromatic heterocycles. The number of nitrogens with one attached hydrogen (secondary N) is 1. The SMILES string of the molecule is Cn1nnc(Br)c1-c1cc(Cl)ccc1CNC1CC1. The molecule has 1 fully saturated rings. The molecule has 6 heteroatoms. The average Bonchev–Trinajstić information content (AvgIpc) is 3.14. The second-order valence-corrected chi connectivity index (χ2v) is 6.00. The fourth-order valence-corrected chi connectivity index (χ4v) is 2.80. The first kappa shape index (κ1) is 13.1. The lowest BCUT2D eigenvalue weighted by Gasteiger charge is -2.11. The van der Waals surface area contributed by atoms with E-state index in [1.807, 2.05) is 19.2 Å². The van der Waals surface area contributed by atoms with Gasteiger partial charge in [0.2, 0.25) is 0 Å². The van der Waals surface area contributed by atoms with E-state index in [4.69, 9.17) is 11.6 Å². The van der Waals surface area contributed by atoms with Crippen LogP contribution in [0.4, 0.5) is 0 Å². The Labute approximate surface area is 125 Å². The van der Waals surface area contributed by atoms with Gasteiger partial charge in [0.1, 0.15) is 5.69 Å². The fourth-order valence-electron chi connectivity index (χ4n) is 2.08. The maximum absolute atomic E-state index is 6.13. The van der Waals surface area contributed by atoms with E-state index in [9.17, 15) is 0 Å². The van der Waals surface area contributed by atoms with Crippen LogP contribution >= 0.6 is 27.5 Å². The second-order valence-electron chi connectivity index (χ2n) is 4.81. The molecule has 1 aromatic carbocycles. The van der Waals surface area contributed by atoms with Gasteiger partial charge in [-0.2, -0.15) is 0 Å². The van der Waals surface area contributed by atoms with Gasteiger partial charge in [-0.25, -0.2) is 4.68 Å². The second kappa shape index (κ2) is 5.23. The number of hydrogen-bond acceptors (Lipinski definition) is 3. The molecule has 0 unspecified atom stereocenters. The van der Waals surface area contributed by atoms with Crippen molar-refractivity contribution in [3.8, 4) is 11.3 Å². The Morgan fingerprint density at radius 3 is 2.89 bits per heavy atom. The third-order valence-electron chi connectivity index (χ3n) is 3.27. The maximum Gasteiger partial charge on any atom is 0.156 e. The average molecular weight is 342 g/mol. The molecule has 1 aliphatic rings. The first-order chi connectivity index (χ1) is 9.15. The van der Waals surface area contributed by atoms with Gasteiger partial charge in [-0.15, -0.1) is 5.10 Å². The van der Waals surface area contributed by atoms with Crippen molar-refractivity contribution >= 4 is 27.5 Å². The Balaban J connectivity index is 1.99. The number of benzene rings is 1. The Morgan fingerprint density at radius 1 is 1.47 bits per heavy atom. The molecule has 4 nitrogen and oxygen atoms in total. The monoisotopic (exact) mass is 340 g/mol. The van der Waals surface area contributed by atoms with Gasteiger partial charge in [0, 0.05) is 30.2 Å². The number of rotatable bonds is 4. The maximum atomic E-state index is 6.13. The van der Waals surface area contributed by atoms with Crippen LogP contribution in [0.2, 0.25) is 5.02 Å². The van der Waals surface area contributed by atoms with Crippen molar-refractivity contribution in [1.29, 1.82) is 0 Å². The fraction of sp³-hybridized carbons (Fsp3) is 0.385. The van der Waals surface area contributed by atoms with E-state index < -0.39 is 0 Å². The zero-order valence-corrected chi connectivity index (χ0v) is 12.9. The van der Waals surface area contributed by atoms with Crippen LogP contribution < -0.4 is 5.32 Å². The Hall–Kier alpha value is -0.910. The topological polar surface area (TPSA) is 42.7 Å². The minimum absolute atomic E-state index is 0.677. The van der Waals surface area contributed by atoms with Crippen molar-refractivity contribution in [2.45, 2.75) is 25.4 Å². The quantitative estimate of drug-likeness (QED) is 0.929. The molecule has 1 heterocycles. The molecular weight excluding hydrogens is 328 g/mol. The number of aryl methyl sites for hydroxylation is 1. The molecule has 0 aliphatic heterocycles. The summed E-state index contributed by atoms with van der Waals surface area (Å²) in [5, 5.41) is 12.3. The highest BCUT2D eigenvalue weighted by Crippen LogP contribution is 2.31. The highest BCUT2D eigenvalue weighted by Gasteiger charge is 2.21. The molecule has 1 saturated carbocycles. The van der Waals surface area contributed by atoms with Gasteiger partial charge in [0.15, 0.2) is 4.60 Å².